The first-order valence-corrected chi connectivity index (χ1v) is 8.60. The van der Waals surface area contributed by atoms with E-state index in [2.05, 4.69) is 24.4 Å². The van der Waals surface area contributed by atoms with E-state index in [0.29, 0.717) is 6.04 Å². The van der Waals surface area contributed by atoms with Gasteiger partial charge in [-0.05, 0) is 50.1 Å². The second kappa shape index (κ2) is 8.60. The van der Waals surface area contributed by atoms with Crippen LogP contribution in [0.2, 0.25) is 5.02 Å². The molecule has 1 aromatic rings. The Morgan fingerprint density at radius 1 is 1.45 bits per heavy atom. The maximum Gasteiger partial charge on any atom is 0.110 e. The van der Waals surface area contributed by atoms with Crippen molar-refractivity contribution in [3.8, 4) is 0 Å². The molecule has 0 bridgehead atoms. The summed E-state index contributed by atoms with van der Waals surface area (Å²) in [7, 11) is 0. The van der Waals surface area contributed by atoms with Gasteiger partial charge in [-0.1, -0.05) is 24.6 Å². The van der Waals surface area contributed by atoms with E-state index < -0.39 is 0 Å². The summed E-state index contributed by atoms with van der Waals surface area (Å²) in [5, 5.41) is 4.37. The minimum absolute atomic E-state index is 0.291. The number of rotatable bonds is 7. The topological polar surface area (TPSA) is 21.3 Å². The fraction of sp³-hybridized carbons (Fsp3) is 0.500. The third-order valence-corrected chi connectivity index (χ3v) is 4.48. The van der Waals surface area contributed by atoms with Crippen LogP contribution in [-0.2, 0) is 4.74 Å². The van der Waals surface area contributed by atoms with Gasteiger partial charge >= 0.3 is 0 Å². The highest BCUT2D eigenvalue weighted by Crippen LogP contribution is 2.25. The molecule has 0 radical (unpaired) electrons. The van der Waals surface area contributed by atoms with Gasteiger partial charge in [-0.25, -0.2) is 0 Å². The maximum atomic E-state index is 6.03. The van der Waals surface area contributed by atoms with Gasteiger partial charge in [0.1, 0.15) is 5.76 Å². The lowest BCUT2D eigenvalue weighted by Crippen LogP contribution is -2.35. The SMILES string of the molecule is CCCNC(CSc1cccc(Cl)c1)C1=CCCCO1. The lowest BCUT2D eigenvalue weighted by molar-refractivity contribution is 0.172. The number of nitrogens with one attached hydrogen (secondary N) is 1. The summed E-state index contributed by atoms with van der Waals surface area (Å²) in [6, 6.07) is 8.31. The molecule has 20 heavy (non-hydrogen) atoms. The van der Waals surface area contributed by atoms with Gasteiger partial charge in [-0.15, -0.1) is 11.8 Å². The molecular formula is C16H22ClNOS. The summed E-state index contributed by atoms with van der Waals surface area (Å²) in [4.78, 5) is 1.21. The van der Waals surface area contributed by atoms with Crippen LogP contribution >= 0.6 is 23.4 Å². The van der Waals surface area contributed by atoms with E-state index in [0.717, 1.165) is 48.9 Å². The van der Waals surface area contributed by atoms with Crippen LogP contribution < -0.4 is 5.32 Å². The van der Waals surface area contributed by atoms with Crippen LogP contribution in [0.3, 0.4) is 0 Å². The Balaban J connectivity index is 1.94. The number of hydrogen-bond acceptors (Lipinski definition) is 3. The standard InChI is InChI=1S/C16H22ClNOS/c1-2-9-18-15(16-8-3-4-10-19-16)12-20-14-7-5-6-13(17)11-14/h5-8,11,15,18H,2-4,9-10,12H2,1H3. The van der Waals surface area contributed by atoms with Gasteiger partial charge in [0.25, 0.3) is 0 Å². The van der Waals surface area contributed by atoms with E-state index in [4.69, 9.17) is 16.3 Å². The molecule has 1 N–H and O–H groups in total. The second-order valence-corrected chi connectivity index (χ2v) is 6.40. The van der Waals surface area contributed by atoms with E-state index >= 15 is 0 Å². The summed E-state index contributed by atoms with van der Waals surface area (Å²) in [5.74, 6) is 2.07. The molecule has 0 amide bonds. The van der Waals surface area contributed by atoms with Crippen LogP contribution in [-0.4, -0.2) is 24.9 Å². The summed E-state index contributed by atoms with van der Waals surface area (Å²) in [6.45, 7) is 4.05. The molecule has 0 aliphatic carbocycles. The van der Waals surface area contributed by atoms with Gasteiger partial charge in [0.05, 0.1) is 12.6 Å². The number of benzene rings is 1. The van der Waals surface area contributed by atoms with E-state index in [9.17, 15) is 0 Å². The highest BCUT2D eigenvalue weighted by Gasteiger charge is 2.17. The van der Waals surface area contributed by atoms with Crippen molar-refractivity contribution >= 4 is 23.4 Å². The van der Waals surface area contributed by atoms with E-state index in [1.807, 2.05) is 30.0 Å². The molecule has 2 nitrogen and oxygen atoms in total. The number of halogens is 1. The molecule has 0 saturated carbocycles. The van der Waals surface area contributed by atoms with Gasteiger partial charge in [-0.3, -0.25) is 0 Å². The molecule has 1 aliphatic rings. The Bertz CT molecular complexity index is 450. The minimum Gasteiger partial charge on any atom is -0.497 e. The van der Waals surface area contributed by atoms with Crippen LogP contribution in [0.5, 0.6) is 0 Å². The Labute approximate surface area is 130 Å². The van der Waals surface area contributed by atoms with Gasteiger partial charge in [0.2, 0.25) is 0 Å². The summed E-state index contributed by atoms with van der Waals surface area (Å²) in [5.41, 5.74) is 0. The lowest BCUT2D eigenvalue weighted by atomic mass is 10.1. The number of thioether (sulfide) groups is 1. The van der Waals surface area contributed by atoms with E-state index in [-0.39, 0.29) is 0 Å². The first-order valence-electron chi connectivity index (χ1n) is 7.24. The number of ether oxygens (including phenoxy) is 1. The zero-order valence-electron chi connectivity index (χ0n) is 11.9. The molecule has 0 spiro atoms. The first-order chi connectivity index (χ1) is 9.79. The lowest BCUT2D eigenvalue weighted by Gasteiger charge is -2.24. The van der Waals surface area contributed by atoms with Gasteiger partial charge in [0, 0.05) is 15.7 Å². The summed E-state index contributed by atoms with van der Waals surface area (Å²) >= 11 is 7.85. The van der Waals surface area contributed by atoms with Crippen molar-refractivity contribution in [3.05, 3.63) is 41.1 Å². The zero-order chi connectivity index (χ0) is 14.2. The Kier molecular flexibility index (Phi) is 6.77. The second-order valence-electron chi connectivity index (χ2n) is 4.87. The quantitative estimate of drug-likeness (QED) is 0.749. The number of allylic oxidation sites excluding steroid dienone is 1. The van der Waals surface area contributed by atoms with Crippen LogP contribution in [0.15, 0.2) is 41.0 Å². The molecular weight excluding hydrogens is 290 g/mol. The molecule has 0 fully saturated rings. The fourth-order valence-electron chi connectivity index (χ4n) is 2.12. The largest absolute Gasteiger partial charge is 0.497 e. The molecule has 1 aromatic carbocycles. The predicted octanol–water partition coefficient (Wildman–Crippen LogP) is 4.49. The van der Waals surface area contributed by atoms with E-state index in [1.54, 1.807) is 0 Å². The van der Waals surface area contributed by atoms with Crippen molar-refractivity contribution in [3.63, 3.8) is 0 Å². The highest BCUT2D eigenvalue weighted by molar-refractivity contribution is 7.99. The Morgan fingerprint density at radius 3 is 3.05 bits per heavy atom. The van der Waals surface area contributed by atoms with Crippen molar-refractivity contribution in [1.29, 1.82) is 0 Å². The number of hydrogen-bond donors (Lipinski definition) is 1. The average Bonchev–Trinajstić information content (AvgIpc) is 2.48. The van der Waals surface area contributed by atoms with Gasteiger partial charge in [-0.2, -0.15) is 0 Å². The summed E-state index contributed by atoms with van der Waals surface area (Å²) < 4.78 is 5.81. The zero-order valence-corrected chi connectivity index (χ0v) is 13.5. The third-order valence-electron chi connectivity index (χ3n) is 3.16. The first kappa shape index (κ1) is 15.7. The molecule has 0 aromatic heterocycles. The van der Waals surface area contributed by atoms with Crippen LogP contribution in [0.25, 0.3) is 0 Å². The molecule has 2 rings (SSSR count). The van der Waals surface area contributed by atoms with Crippen LogP contribution in [0.1, 0.15) is 26.2 Å². The average molecular weight is 312 g/mol. The van der Waals surface area contributed by atoms with Crippen molar-refractivity contribution < 1.29 is 4.74 Å². The normalized spacial score (nSPS) is 16.4. The maximum absolute atomic E-state index is 6.03. The minimum atomic E-state index is 0.291. The van der Waals surface area contributed by atoms with Gasteiger partial charge in [0.15, 0.2) is 0 Å². The summed E-state index contributed by atoms with van der Waals surface area (Å²) in [6.07, 6.45) is 5.62. The molecule has 110 valence electrons. The Hall–Kier alpha value is -0.640. The van der Waals surface area contributed by atoms with Crippen LogP contribution in [0, 0.1) is 0 Å². The highest BCUT2D eigenvalue weighted by atomic mass is 35.5. The third kappa shape index (κ3) is 5.04. The van der Waals surface area contributed by atoms with Crippen LogP contribution in [0.4, 0.5) is 0 Å². The van der Waals surface area contributed by atoms with Crippen molar-refractivity contribution in [2.24, 2.45) is 0 Å². The Morgan fingerprint density at radius 2 is 2.35 bits per heavy atom. The molecule has 1 unspecified atom stereocenters. The molecule has 1 aliphatic heterocycles. The fourth-order valence-corrected chi connectivity index (χ4v) is 3.40. The van der Waals surface area contributed by atoms with Gasteiger partial charge < -0.3 is 10.1 Å². The van der Waals surface area contributed by atoms with Crippen molar-refractivity contribution in [2.45, 2.75) is 37.1 Å². The predicted molar refractivity (Wildman–Crippen MR) is 87.5 cm³/mol. The smallest absolute Gasteiger partial charge is 0.110 e. The molecule has 1 heterocycles. The molecule has 4 heteroatoms. The molecule has 0 saturated heterocycles. The van der Waals surface area contributed by atoms with Crippen molar-refractivity contribution in [2.75, 3.05) is 18.9 Å². The molecule has 1 atom stereocenters. The monoisotopic (exact) mass is 311 g/mol. The van der Waals surface area contributed by atoms with E-state index in [1.165, 1.54) is 4.90 Å². The van der Waals surface area contributed by atoms with Crippen molar-refractivity contribution in [1.82, 2.24) is 5.32 Å².